The molecule has 7 heteroatoms. The van der Waals surface area contributed by atoms with Gasteiger partial charge in [-0.25, -0.2) is 4.79 Å². The lowest BCUT2D eigenvalue weighted by molar-refractivity contribution is -0.115. The average Bonchev–Trinajstić information content (AvgIpc) is 2.48. The number of benzene rings is 1. The van der Waals surface area contributed by atoms with Gasteiger partial charge in [0.2, 0.25) is 5.91 Å². The summed E-state index contributed by atoms with van der Waals surface area (Å²) in [6.07, 6.45) is -0.319. The largest absolute Gasteiger partial charge is 0.478 e. The Morgan fingerprint density at radius 2 is 2.10 bits per heavy atom. The quantitative estimate of drug-likeness (QED) is 0.859. The second-order valence-corrected chi connectivity index (χ2v) is 4.52. The second kappa shape index (κ2) is 6.72. The molecule has 0 radical (unpaired) electrons. The molecule has 0 spiro atoms. The van der Waals surface area contributed by atoms with E-state index in [0.717, 1.165) is 5.69 Å². The molecule has 1 aromatic rings. The van der Waals surface area contributed by atoms with E-state index < -0.39 is 11.9 Å². The van der Waals surface area contributed by atoms with Crippen molar-refractivity contribution in [3.05, 3.63) is 23.8 Å². The van der Waals surface area contributed by atoms with E-state index in [-0.39, 0.29) is 17.7 Å². The van der Waals surface area contributed by atoms with Gasteiger partial charge in [0, 0.05) is 18.8 Å². The Kier molecular flexibility index (Phi) is 4.74. The number of nitrogens with one attached hydrogen (secondary N) is 1. The van der Waals surface area contributed by atoms with Crippen molar-refractivity contribution in [3.63, 3.8) is 0 Å². The van der Waals surface area contributed by atoms with Gasteiger partial charge in [0.15, 0.2) is 0 Å². The van der Waals surface area contributed by atoms with Gasteiger partial charge in [-0.3, -0.25) is 4.79 Å². The number of rotatable bonds is 4. The molecular weight excluding hydrogens is 274 g/mol. The van der Waals surface area contributed by atoms with Crippen molar-refractivity contribution >= 4 is 23.3 Å². The van der Waals surface area contributed by atoms with E-state index in [0.29, 0.717) is 26.3 Å². The van der Waals surface area contributed by atoms with Crippen molar-refractivity contribution in [1.82, 2.24) is 0 Å². The lowest BCUT2D eigenvalue weighted by Gasteiger charge is -2.29. The first-order valence-corrected chi connectivity index (χ1v) is 6.48. The van der Waals surface area contributed by atoms with Crippen LogP contribution in [0, 0.1) is 11.3 Å². The van der Waals surface area contributed by atoms with Gasteiger partial charge in [0.1, 0.15) is 6.42 Å². The van der Waals surface area contributed by atoms with Crippen molar-refractivity contribution in [3.8, 4) is 6.07 Å². The SMILES string of the molecule is N#CCC(=O)Nc1cc(N2CCOCC2)ccc1C(=O)O. The van der Waals surface area contributed by atoms with E-state index in [2.05, 4.69) is 10.2 Å². The summed E-state index contributed by atoms with van der Waals surface area (Å²) in [6, 6.07) is 6.50. The third-order valence-electron chi connectivity index (χ3n) is 3.12. The molecule has 2 N–H and O–H groups in total. The first-order chi connectivity index (χ1) is 10.1. The van der Waals surface area contributed by atoms with Gasteiger partial charge < -0.3 is 20.1 Å². The van der Waals surface area contributed by atoms with Crippen LogP contribution in [0.25, 0.3) is 0 Å². The van der Waals surface area contributed by atoms with E-state index in [9.17, 15) is 9.59 Å². The number of morpholine rings is 1. The Morgan fingerprint density at radius 3 is 2.71 bits per heavy atom. The first kappa shape index (κ1) is 14.8. The fraction of sp³-hybridized carbons (Fsp3) is 0.357. The Bertz CT molecular complexity index is 588. The number of ether oxygens (including phenoxy) is 1. The van der Waals surface area contributed by atoms with Crippen LogP contribution in [0.5, 0.6) is 0 Å². The first-order valence-electron chi connectivity index (χ1n) is 6.48. The number of amides is 1. The highest BCUT2D eigenvalue weighted by atomic mass is 16.5. The maximum Gasteiger partial charge on any atom is 0.337 e. The molecule has 0 saturated carbocycles. The minimum absolute atomic E-state index is 0.00157. The lowest BCUT2D eigenvalue weighted by Crippen LogP contribution is -2.36. The van der Waals surface area contributed by atoms with Crippen molar-refractivity contribution in [2.45, 2.75) is 6.42 Å². The molecule has 1 fully saturated rings. The van der Waals surface area contributed by atoms with Crippen molar-refractivity contribution < 1.29 is 19.4 Å². The molecule has 1 heterocycles. The summed E-state index contributed by atoms with van der Waals surface area (Å²) in [5.74, 6) is -1.66. The van der Waals surface area contributed by atoms with Gasteiger partial charge in [-0.15, -0.1) is 0 Å². The number of carbonyl (C=O) groups excluding carboxylic acids is 1. The normalized spacial score (nSPS) is 14.3. The van der Waals surface area contributed by atoms with Gasteiger partial charge in [0.25, 0.3) is 0 Å². The summed E-state index contributed by atoms with van der Waals surface area (Å²) in [6.45, 7) is 2.63. The molecule has 1 aliphatic rings. The van der Waals surface area contributed by atoms with Gasteiger partial charge in [-0.1, -0.05) is 0 Å². The number of carbonyl (C=O) groups is 2. The minimum Gasteiger partial charge on any atom is -0.478 e. The van der Waals surface area contributed by atoms with Gasteiger partial charge in [0.05, 0.1) is 30.5 Å². The van der Waals surface area contributed by atoms with E-state index in [1.807, 2.05) is 0 Å². The van der Waals surface area contributed by atoms with Crippen LogP contribution in [0.1, 0.15) is 16.8 Å². The molecule has 0 aromatic heterocycles. The van der Waals surface area contributed by atoms with Crippen LogP contribution in [-0.2, 0) is 9.53 Å². The van der Waals surface area contributed by atoms with Crippen LogP contribution >= 0.6 is 0 Å². The van der Waals surface area contributed by atoms with E-state index in [1.54, 1.807) is 18.2 Å². The van der Waals surface area contributed by atoms with E-state index >= 15 is 0 Å². The zero-order chi connectivity index (χ0) is 15.2. The van der Waals surface area contributed by atoms with Crippen LogP contribution < -0.4 is 10.2 Å². The Balaban J connectivity index is 2.27. The van der Waals surface area contributed by atoms with Crippen LogP contribution in [0.15, 0.2) is 18.2 Å². The van der Waals surface area contributed by atoms with Crippen LogP contribution in [-0.4, -0.2) is 43.3 Å². The van der Waals surface area contributed by atoms with Crippen molar-refractivity contribution in [1.29, 1.82) is 5.26 Å². The molecule has 1 aliphatic heterocycles. The smallest absolute Gasteiger partial charge is 0.337 e. The molecule has 0 aliphatic carbocycles. The van der Waals surface area contributed by atoms with Crippen LogP contribution in [0.3, 0.4) is 0 Å². The molecule has 0 unspecified atom stereocenters. The minimum atomic E-state index is -1.13. The third-order valence-corrected chi connectivity index (χ3v) is 3.12. The molecule has 0 atom stereocenters. The zero-order valence-corrected chi connectivity index (χ0v) is 11.3. The molecule has 1 aromatic carbocycles. The second-order valence-electron chi connectivity index (χ2n) is 4.52. The molecule has 1 amide bonds. The van der Waals surface area contributed by atoms with Gasteiger partial charge >= 0.3 is 5.97 Å². The summed E-state index contributed by atoms with van der Waals surface area (Å²) in [5, 5.41) is 20.1. The highest BCUT2D eigenvalue weighted by Crippen LogP contribution is 2.25. The number of hydrogen-bond acceptors (Lipinski definition) is 5. The number of nitriles is 1. The Labute approximate surface area is 121 Å². The number of hydrogen-bond donors (Lipinski definition) is 2. The molecule has 21 heavy (non-hydrogen) atoms. The maximum absolute atomic E-state index is 11.5. The summed E-state index contributed by atoms with van der Waals surface area (Å²) < 4.78 is 5.27. The Hall–Kier alpha value is -2.59. The molecular formula is C14H15N3O4. The predicted molar refractivity (Wildman–Crippen MR) is 75.3 cm³/mol. The molecule has 1 saturated heterocycles. The fourth-order valence-electron chi connectivity index (χ4n) is 2.11. The van der Waals surface area contributed by atoms with Crippen LogP contribution in [0.2, 0.25) is 0 Å². The van der Waals surface area contributed by atoms with E-state index in [4.69, 9.17) is 15.1 Å². The number of anilines is 2. The van der Waals surface area contributed by atoms with Crippen LogP contribution in [0.4, 0.5) is 11.4 Å². The average molecular weight is 289 g/mol. The number of carboxylic acids is 1. The molecule has 7 nitrogen and oxygen atoms in total. The van der Waals surface area contributed by atoms with E-state index in [1.165, 1.54) is 6.07 Å². The number of nitrogens with zero attached hydrogens (tertiary/aromatic N) is 2. The molecule has 110 valence electrons. The number of aromatic carboxylic acids is 1. The zero-order valence-electron chi connectivity index (χ0n) is 11.3. The van der Waals surface area contributed by atoms with Gasteiger partial charge in [-0.05, 0) is 18.2 Å². The Morgan fingerprint density at radius 1 is 1.38 bits per heavy atom. The van der Waals surface area contributed by atoms with Crippen molar-refractivity contribution in [2.24, 2.45) is 0 Å². The maximum atomic E-state index is 11.5. The predicted octanol–water partition coefficient (Wildman–Crippen LogP) is 1.07. The van der Waals surface area contributed by atoms with Crippen molar-refractivity contribution in [2.75, 3.05) is 36.5 Å². The summed E-state index contributed by atoms with van der Waals surface area (Å²) in [7, 11) is 0. The molecule has 2 rings (SSSR count). The fourth-order valence-corrected chi connectivity index (χ4v) is 2.11. The summed E-state index contributed by atoms with van der Waals surface area (Å²) in [5.41, 5.74) is 1.01. The monoisotopic (exact) mass is 289 g/mol. The third kappa shape index (κ3) is 3.70. The highest BCUT2D eigenvalue weighted by molar-refractivity contribution is 6.01. The molecule has 0 bridgehead atoms. The number of carboxylic acid groups (broad SMARTS) is 1. The summed E-state index contributed by atoms with van der Waals surface area (Å²) >= 11 is 0. The standard InChI is InChI=1S/C14H15N3O4/c15-4-3-13(18)16-12-9-10(1-2-11(12)14(19)20)17-5-7-21-8-6-17/h1-2,9H,3,5-8H2,(H,16,18)(H,19,20). The highest BCUT2D eigenvalue weighted by Gasteiger charge is 2.17. The lowest BCUT2D eigenvalue weighted by atomic mass is 10.1. The van der Waals surface area contributed by atoms with Gasteiger partial charge in [-0.2, -0.15) is 5.26 Å². The summed E-state index contributed by atoms with van der Waals surface area (Å²) in [4.78, 5) is 24.8. The topological polar surface area (TPSA) is 103 Å².